The Labute approximate surface area is 200 Å². The van der Waals surface area contributed by atoms with Crippen molar-refractivity contribution in [2.75, 3.05) is 13.2 Å². The third-order valence-electron chi connectivity index (χ3n) is 6.23. The molecule has 0 fully saturated rings. The smallest absolute Gasteiger partial charge is 0.407 e. The van der Waals surface area contributed by atoms with Crippen LogP contribution in [0.4, 0.5) is 4.79 Å². The number of aliphatic carboxylic acids is 1. The highest BCUT2D eigenvalue weighted by Gasteiger charge is 2.29. The van der Waals surface area contributed by atoms with Crippen LogP contribution in [0.1, 0.15) is 63.0 Å². The van der Waals surface area contributed by atoms with Crippen LogP contribution in [0.15, 0.2) is 48.5 Å². The highest BCUT2D eigenvalue weighted by molar-refractivity contribution is 5.79. The Hall–Kier alpha value is -3.35. The van der Waals surface area contributed by atoms with Crippen LogP contribution < -0.4 is 10.6 Å². The first-order valence-electron chi connectivity index (χ1n) is 11.9. The van der Waals surface area contributed by atoms with Gasteiger partial charge in [-0.05, 0) is 54.4 Å². The van der Waals surface area contributed by atoms with Crippen LogP contribution in [-0.2, 0) is 14.3 Å². The number of rotatable bonds is 12. The van der Waals surface area contributed by atoms with E-state index in [2.05, 4.69) is 34.9 Å². The summed E-state index contributed by atoms with van der Waals surface area (Å²) in [7, 11) is 0. The van der Waals surface area contributed by atoms with E-state index >= 15 is 0 Å². The van der Waals surface area contributed by atoms with Gasteiger partial charge in [-0.2, -0.15) is 0 Å². The van der Waals surface area contributed by atoms with Gasteiger partial charge in [0, 0.05) is 31.3 Å². The molecule has 182 valence electrons. The molecule has 3 N–H and O–H groups in total. The molecule has 1 aliphatic carbocycles. The second-order valence-corrected chi connectivity index (χ2v) is 9.10. The van der Waals surface area contributed by atoms with E-state index in [0.717, 1.165) is 0 Å². The SMILES string of the molecule is CC(CCNC(=O)CCCC(C)NC(=O)OCC1c2ccccc2-c2ccccc21)CC(=O)O. The highest BCUT2D eigenvalue weighted by Crippen LogP contribution is 2.44. The Balaban J connectivity index is 1.35. The molecule has 0 aromatic heterocycles. The molecule has 2 amide bonds. The topological polar surface area (TPSA) is 105 Å². The summed E-state index contributed by atoms with van der Waals surface area (Å²) in [4.78, 5) is 35.0. The van der Waals surface area contributed by atoms with Crippen LogP contribution in [-0.4, -0.2) is 42.3 Å². The summed E-state index contributed by atoms with van der Waals surface area (Å²) in [5.41, 5.74) is 4.73. The number of carboxylic acid groups (broad SMARTS) is 1. The number of alkyl carbamates (subject to hydrolysis) is 1. The van der Waals surface area contributed by atoms with Gasteiger partial charge in [0.2, 0.25) is 5.91 Å². The maximum Gasteiger partial charge on any atom is 0.407 e. The number of benzene rings is 2. The number of carbonyl (C=O) groups excluding carboxylic acids is 2. The molecule has 0 saturated heterocycles. The Morgan fingerprint density at radius 1 is 0.971 bits per heavy atom. The fourth-order valence-electron chi connectivity index (χ4n) is 4.43. The molecule has 2 aromatic rings. The van der Waals surface area contributed by atoms with E-state index in [0.29, 0.717) is 32.2 Å². The fraction of sp³-hybridized carbons (Fsp3) is 0.444. The molecule has 0 heterocycles. The number of nitrogens with one attached hydrogen (secondary N) is 2. The maximum absolute atomic E-state index is 12.4. The van der Waals surface area contributed by atoms with E-state index in [1.54, 1.807) is 0 Å². The first kappa shape index (κ1) is 25.3. The van der Waals surface area contributed by atoms with Gasteiger partial charge < -0.3 is 20.5 Å². The average molecular weight is 467 g/mol. The quantitative estimate of drug-likeness (QED) is 0.421. The monoisotopic (exact) mass is 466 g/mol. The van der Waals surface area contributed by atoms with Crippen LogP contribution in [0, 0.1) is 5.92 Å². The molecule has 7 heteroatoms. The Kier molecular flexibility index (Phi) is 9.08. The van der Waals surface area contributed by atoms with E-state index in [-0.39, 0.29) is 36.8 Å². The summed E-state index contributed by atoms with van der Waals surface area (Å²) in [6, 6.07) is 16.3. The van der Waals surface area contributed by atoms with Gasteiger partial charge in [0.1, 0.15) is 6.61 Å². The number of carboxylic acids is 1. The molecule has 0 radical (unpaired) electrons. The second-order valence-electron chi connectivity index (χ2n) is 9.10. The fourth-order valence-corrected chi connectivity index (χ4v) is 4.43. The summed E-state index contributed by atoms with van der Waals surface area (Å²) < 4.78 is 5.57. The minimum atomic E-state index is -0.822. The molecule has 7 nitrogen and oxygen atoms in total. The zero-order chi connectivity index (χ0) is 24.5. The molecule has 0 bridgehead atoms. The molecule has 3 rings (SSSR count). The summed E-state index contributed by atoms with van der Waals surface area (Å²) in [6.07, 6.45) is 1.96. The lowest BCUT2D eigenvalue weighted by molar-refractivity contribution is -0.138. The summed E-state index contributed by atoms with van der Waals surface area (Å²) in [5, 5.41) is 14.4. The van der Waals surface area contributed by atoms with Crippen molar-refractivity contribution < 1.29 is 24.2 Å². The third kappa shape index (κ3) is 7.07. The van der Waals surface area contributed by atoms with Gasteiger partial charge in [0.15, 0.2) is 0 Å². The number of amides is 2. The van der Waals surface area contributed by atoms with Crippen molar-refractivity contribution >= 4 is 18.0 Å². The van der Waals surface area contributed by atoms with Gasteiger partial charge >= 0.3 is 12.1 Å². The summed E-state index contributed by atoms with van der Waals surface area (Å²) in [6.45, 7) is 4.50. The van der Waals surface area contributed by atoms with Crippen molar-refractivity contribution in [3.05, 3.63) is 59.7 Å². The predicted octanol–water partition coefficient (Wildman–Crippen LogP) is 4.70. The van der Waals surface area contributed by atoms with Gasteiger partial charge in [-0.3, -0.25) is 9.59 Å². The molecule has 2 unspecified atom stereocenters. The largest absolute Gasteiger partial charge is 0.481 e. The van der Waals surface area contributed by atoms with Crippen LogP contribution in [0.3, 0.4) is 0 Å². The Morgan fingerprint density at radius 2 is 1.59 bits per heavy atom. The molecular formula is C27H34N2O5. The van der Waals surface area contributed by atoms with Gasteiger partial charge in [-0.25, -0.2) is 4.79 Å². The molecule has 0 aliphatic heterocycles. The van der Waals surface area contributed by atoms with E-state index in [1.165, 1.54) is 22.3 Å². The normalized spacial score (nSPS) is 13.9. The minimum absolute atomic E-state index is 0.0235. The van der Waals surface area contributed by atoms with Gasteiger partial charge in [0.05, 0.1) is 0 Å². The van der Waals surface area contributed by atoms with Crippen molar-refractivity contribution in [1.29, 1.82) is 0 Å². The van der Waals surface area contributed by atoms with Crippen molar-refractivity contribution in [2.24, 2.45) is 5.92 Å². The standard InChI is InChI=1S/C27H34N2O5/c1-18(16-26(31)32)14-15-28-25(30)13-7-8-19(2)29-27(33)34-17-24-22-11-5-3-9-20(22)21-10-4-6-12-23(21)24/h3-6,9-12,18-19,24H,7-8,13-17H2,1-2H3,(H,28,30)(H,29,33)(H,31,32). The van der Waals surface area contributed by atoms with Crippen molar-refractivity contribution in [1.82, 2.24) is 10.6 Å². The molecule has 2 atom stereocenters. The molecule has 34 heavy (non-hydrogen) atoms. The van der Waals surface area contributed by atoms with Crippen molar-refractivity contribution in [3.8, 4) is 11.1 Å². The Bertz CT molecular complexity index is 961. The third-order valence-corrected chi connectivity index (χ3v) is 6.23. The zero-order valence-corrected chi connectivity index (χ0v) is 19.9. The Morgan fingerprint density at radius 3 is 2.21 bits per heavy atom. The summed E-state index contributed by atoms with van der Waals surface area (Å²) in [5.74, 6) is -0.831. The number of ether oxygens (including phenoxy) is 1. The van der Waals surface area contributed by atoms with E-state index in [9.17, 15) is 14.4 Å². The number of carbonyl (C=O) groups is 3. The molecule has 2 aromatic carbocycles. The van der Waals surface area contributed by atoms with Crippen molar-refractivity contribution in [3.63, 3.8) is 0 Å². The van der Waals surface area contributed by atoms with Crippen LogP contribution in [0.5, 0.6) is 0 Å². The lowest BCUT2D eigenvalue weighted by atomic mass is 9.98. The van der Waals surface area contributed by atoms with E-state index < -0.39 is 12.1 Å². The van der Waals surface area contributed by atoms with Gasteiger partial charge in [-0.15, -0.1) is 0 Å². The lowest BCUT2D eigenvalue weighted by Crippen LogP contribution is -2.34. The second kappa shape index (κ2) is 12.2. The molecular weight excluding hydrogens is 432 g/mol. The van der Waals surface area contributed by atoms with Gasteiger partial charge in [0.25, 0.3) is 0 Å². The number of hydrogen-bond donors (Lipinski definition) is 3. The van der Waals surface area contributed by atoms with Crippen LogP contribution >= 0.6 is 0 Å². The number of fused-ring (bicyclic) bond motifs is 3. The highest BCUT2D eigenvalue weighted by atomic mass is 16.5. The van der Waals surface area contributed by atoms with E-state index in [1.807, 2.05) is 38.1 Å². The first-order valence-corrected chi connectivity index (χ1v) is 11.9. The molecule has 0 spiro atoms. The first-order chi connectivity index (χ1) is 16.3. The van der Waals surface area contributed by atoms with Crippen LogP contribution in [0.25, 0.3) is 11.1 Å². The minimum Gasteiger partial charge on any atom is -0.481 e. The van der Waals surface area contributed by atoms with Gasteiger partial charge in [-0.1, -0.05) is 55.5 Å². The predicted molar refractivity (Wildman–Crippen MR) is 131 cm³/mol. The lowest BCUT2D eigenvalue weighted by Gasteiger charge is -2.17. The van der Waals surface area contributed by atoms with E-state index in [4.69, 9.17) is 9.84 Å². The molecule has 0 saturated carbocycles. The zero-order valence-electron chi connectivity index (χ0n) is 19.9. The van der Waals surface area contributed by atoms with Crippen molar-refractivity contribution in [2.45, 2.75) is 57.9 Å². The molecule has 1 aliphatic rings. The van der Waals surface area contributed by atoms with Crippen LogP contribution in [0.2, 0.25) is 0 Å². The average Bonchev–Trinajstić information content (AvgIpc) is 3.11. The summed E-state index contributed by atoms with van der Waals surface area (Å²) >= 11 is 0. The number of hydrogen-bond acceptors (Lipinski definition) is 4. The maximum atomic E-state index is 12.4.